The number of aryl methyl sites for hydroxylation is 1. The molecule has 0 fully saturated rings. The Hall–Kier alpha value is -3.78. The number of thiophene rings is 1. The van der Waals surface area contributed by atoms with Gasteiger partial charge in [-0.1, -0.05) is 31.2 Å². The van der Waals surface area contributed by atoms with Gasteiger partial charge in [0.15, 0.2) is 12.4 Å². The van der Waals surface area contributed by atoms with Crippen molar-refractivity contribution in [3.63, 3.8) is 0 Å². The van der Waals surface area contributed by atoms with Crippen LogP contribution in [-0.4, -0.2) is 34.4 Å². The fourth-order valence-electron chi connectivity index (χ4n) is 4.42. The Labute approximate surface area is 206 Å². The lowest BCUT2D eigenvalue weighted by atomic mass is 10.0. The maximum Gasteiger partial charge on any atom is 0.265 e. The second kappa shape index (κ2) is 9.11. The van der Waals surface area contributed by atoms with Crippen molar-refractivity contribution in [3.05, 3.63) is 75.7 Å². The molecule has 35 heavy (non-hydrogen) atoms. The first kappa shape index (κ1) is 23.0. The number of hydrogen-bond acceptors (Lipinski definition) is 6. The largest absolute Gasteiger partial charge is 0.482 e. The van der Waals surface area contributed by atoms with Crippen LogP contribution in [0.5, 0.6) is 5.75 Å². The highest BCUT2D eigenvalue weighted by atomic mass is 32.1. The molecule has 1 aliphatic rings. The summed E-state index contributed by atoms with van der Waals surface area (Å²) >= 11 is 1.42. The van der Waals surface area contributed by atoms with E-state index in [1.807, 2.05) is 24.4 Å². The summed E-state index contributed by atoms with van der Waals surface area (Å²) in [4.78, 5) is 45.9. The van der Waals surface area contributed by atoms with Gasteiger partial charge < -0.3 is 9.64 Å². The molecule has 1 unspecified atom stereocenters. The van der Waals surface area contributed by atoms with Gasteiger partial charge in [0.05, 0.1) is 23.4 Å². The molecule has 178 valence electrons. The average molecular weight is 488 g/mol. The number of amides is 1. The molecule has 0 saturated heterocycles. The van der Waals surface area contributed by atoms with Crippen molar-refractivity contribution in [1.29, 1.82) is 0 Å². The van der Waals surface area contributed by atoms with E-state index >= 15 is 0 Å². The molecule has 0 spiro atoms. The first-order chi connectivity index (χ1) is 16.9. The lowest BCUT2D eigenvalue weighted by Gasteiger charge is -2.28. The van der Waals surface area contributed by atoms with Crippen molar-refractivity contribution in [2.24, 2.45) is 0 Å². The number of ketones is 1. The molecule has 2 aromatic heterocycles. The molecule has 3 heterocycles. The Morgan fingerprint density at radius 3 is 2.63 bits per heavy atom. The number of Topliss-reactive ketones (excluding diaryl/α,β-unsaturated/α-hetero) is 1. The van der Waals surface area contributed by atoms with Gasteiger partial charge in [-0.15, -0.1) is 11.3 Å². The molecule has 4 aromatic rings. The highest BCUT2D eigenvalue weighted by Crippen LogP contribution is 2.34. The van der Waals surface area contributed by atoms with E-state index < -0.39 is 6.04 Å². The Balaban J connectivity index is 1.53. The summed E-state index contributed by atoms with van der Waals surface area (Å²) in [5.41, 5.74) is 3.71. The van der Waals surface area contributed by atoms with Crippen molar-refractivity contribution in [1.82, 2.24) is 9.55 Å². The lowest BCUT2D eigenvalue weighted by molar-refractivity contribution is -0.121. The summed E-state index contributed by atoms with van der Waals surface area (Å²) in [6.07, 6.45) is 2.38. The van der Waals surface area contributed by atoms with Crippen LogP contribution < -0.4 is 15.2 Å². The third-order valence-corrected chi connectivity index (χ3v) is 7.38. The van der Waals surface area contributed by atoms with Crippen LogP contribution in [0.3, 0.4) is 0 Å². The maximum atomic E-state index is 13.6. The topological polar surface area (TPSA) is 81.5 Å². The van der Waals surface area contributed by atoms with E-state index in [-0.39, 0.29) is 23.9 Å². The quantitative estimate of drug-likeness (QED) is 0.362. The van der Waals surface area contributed by atoms with Gasteiger partial charge in [0, 0.05) is 23.1 Å². The van der Waals surface area contributed by atoms with Gasteiger partial charge in [-0.05, 0) is 49.6 Å². The molecule has 2 aromatic carbocycles. The van der Waals surface area contributed by atoms with Crippen LogP contribution >= 0.6 is 11.3 Å². The molecule has 0 bridgehead atoms. The number of rotatable bonds is 6. The lowest BCUT2D eigenvalue weighted by Crippen LogP contribution is -2.38. The van der Waals surface area contributed by atoms with Crippen LogP contribution in [0, 0.1) is 0 Å². The summed E-state index contributed by atoms with van der Waals surface area (Å²) in [5.74, 6) is 0.169. The van der Waals surface area contributed by atoms with Crippen LogP contribution in [0.1, 0.15) is 42.7 Å². The molecule has 0 radical (unpaired) electrons. The van der Waals surface area contributed by atoms with Gasteiger partial charge in [-0.2, -0.15) is 0 Å². The SMILES string of the molecule is CCc1ccc(-c2csc3ncn(C(C)C(=O)c4ccc5c(c4)N(CC)C(=O)CO5)c(=O)c23)cc1. The molecule has 5 rings (SSSR count). The third-order valence-electron chi connectivity index (χ3n) is 6.49. The molecule has 0 aliphatic carbocycles. The van der Waals surface area contributed by atoms with Crippen LogP contribution in [0.15, 0.2) is 59.0 Å². The minimum atomic E-state index is -0.775. The zero-order chi connectivity index (χ0) is 24.7. The van der Waals surface area contributed by atoms with Gasteiger partial charge in [0.25, 0.3) is 11.5 Å². The van der Waals surface area contributed by atoms with E-state index in [0.717, 1.165) is 17.5 Å². The summed E-state index contributed by atoms with van der Waals surface area (Å²) in [6, 6.07) is 12.4. The van der Waals surface area contributed by atoms with Crippen molar-refractivity contribution in [3.8, 4) is 16.9 Å². The summed E-state index contributed by atoms with van der Waals surface area (Å²) in [7, 11) is 0. The van der Waals surface area contributed by atoms with Gasteiger partial charge in [0.2, 0.25) is 0 Å². The minimum Gasteiger partial charge on any atom is -0.482 e. The number of aromatic nitrogens is 2. The highest BCUT2D eigenvalue weighted by Gasteiger charge is 2.27. The van der Waals surface area contributed by atoms with Crippen molar-refractivity contribution < 1.29 is 14.3 Å². The second-order valence-electron chi connectivity index (χ2n) is 8.49. The number of carbonyl (C=O) groups is 2. The summed E-state index contributed by atoms with van der Waals surface area (Å²) < 4.78 is 6.90. The zero-order valence-corrected chi connectivity index (χ0v) is 20.6. The molecule has 0 N–H and O–H groups in total. The molecule has 7 nitrogen and oxygen atoms in total. The van der Waals surface area contributed by atoms with Crippen LogP contribution in [0.2, 0.25) is 0 Å². The third kappa shape index (κ3) is 3.93. The zero-order valence-electron chi connectivity index (χ0n) is 19.8. The molecule has 8 heteroatoms. The molecule has 1 aliphatic heterocycles. The number of hydrogen-bond donors (Lipinski definition) is 0. The standard InChI is InChI=1S/C27H25N3O4S/c1-4-17-6-8-18(9-7-17)20-14-35-26-24(20)27(33)30(15-28-26)16(3)25(32)19-10-11-22-21(12-19)29(5-2)23(31)13-34-22/h6-12,14-16H,4-5,13H2,1-3H3. The average Bonchev–Trinajstić information content (AvgIpc) is 3.33. The number of ether oxygens (including phenoxy) is 1. The van der Waals surface area contributed by atoms with Crippen LogP contribution in [0.4, 0.5) is 5.69 Å². The van der Waals surface area contributed by atoms with Crippen molar-refractivity contribution >= 4 is 38.9 Å². The first-order valence-electron chi connectivity index (χ1n) is 11.6. The Kier molecular flexibility index (Phi) is 5.98. The van der Waals surface area contributed by atoms with E-state index in [0.29, 0.717) is 33.8 Å². The summed E-state index contributed by atoms with van der Waals surface area (Å²) in [5, 5.41) is 2.46. The predicted octanol–water partition coefficient (Wildman–Crippen LogP) is 4.88. The number of benzene rings is 2. The van der Waals surface area contributed by atoms with Gasteiger partial charge in [0.1, 0.15) is 10.6 Å². The predicted molar refractivity (Wildman–Crippen MR) is 138 cm³/mol. The monoisotopic (exact) mass is 487 g/mol. The summed E-state index contributed by atoms with van der Waals surface area (Å²) in [6.45, 7) is 6.12. The normalized spacial score (nSPS) is 14.0. The smallest absolute Gasteiger partial charge is 0.265 e. The Bertz CT molecular complexity index is 1500. The van der Waals surface area contributed by atoms with Gasteiger partial charge in [-0.3, -0.25) is 19.0 Å². The number of likely N-dealkylation sites (N-methyl/N-ethyl adjacent to an activating group) is 1. The Morgan fingerprint density at radius 1 is 1.14 bits per heavy atom. The molecule has 1 amide bonds. The van der Waals surface area contributed by atoms with Gasteiger partial charge >= 0.3 is 0 Å². The molecular weight excluding hydrogens is 462 g/mol. The fourth-order valence-corrected chi connectivity index (χ4v) is 5.33. The van der Waals surface area contributed by atoms with E-state index in [1.165, 1.54) is 27.8 Å². The van der Waals surface area contributed by atoms with E-state index in [9.17, 15) is 14.4 Å². The fraction of sp³-hybridized carbons (Fsp3) is 0.259. The second-order valence-corrected chi connectivity index (χ2v) is 9.34. The van der Waals surface area contributed by atoms with Gasteiger partial charge in [-0.25, -0.2) is 4.98 Å². The number of carbonyl (C=O) groups excluding carboxylic acids is 2. The van der Waals surface area contributed by atoms with Crippen molar-refractivity contribution in [2.45, 2.75) is 33.2 Å². The van der Waals surface area contributed by atoms with E-state index in [4.69, 9.17) is 4.74 Å². The maximum absolute atomic E-state index is 13.6. The number of nitrogens with zero attached hydrogens (tertiary/aromatic N) is 3. The van der Waals surface area contributed by atoms with Crippen molar-refractivity contribution in [2.75, 3.05) is 18.1 Å². The van der Waals surface area contributed by atoms with Crippen LogP contribution in [0.25, 0.3) is 21.3 Å². The highest BCUT2D eigenvalue weighted by molar-refractivity contribution is 7.17. The Morgan fingerprint density at radius 2 is 1.91 bits per heavy atom. The molecular formula is C27H25N3O4S. The molecule has 1 atom stereocenters. The first-order valence-corrected chi connectivity index (χ1v) is 12.5. The molecule has 0 saturated carbocycles. The van der Waals surface area contributed by atoms with E-state index in [1.54, 1.807) is 30.0 Å². The van der Waals surface area contributed by atoms with Crippen LogP contribution in [-0.2, 0) is 11.2 Å². The number of fused-ring (bicyclic) bond motifs is 2. The minimum absolute atomic E-state index is 0.0181. The number of anilines is 1. The van der Waals surface area contributed by atoms with E-state index in [2.05, 4.69) is 24.0 Å².